The van der Waals surface area contributed by atoms with Gasteiger partial charge in [0.25, 0.3) is 0 Å². The topological polar surface area (TPSA) is 55.4 Å². The van der Waals surface area contributed by atoms with Crippen LogP contribution in [0.2, 0.25) is 0 Å². The Morgan fingerprint density at radius 2 is 1.89 bits per heavy atom. The van der Waals surface area contributed by atoms with Gasteiger partial charge in [-0.05, 0) is 36.0 Å². The van der Waals surface area contributed by atoms with Crippen molar-refractivity contribution in [3.63, 3.8) is 0 Å². The quantitative estimate of drug-likeness (QED) is 0.786. The normalized spacial score (nSPS) is 35.6. The molecule has 2 saturated carbocycles. The number of ether oxygens (including phenoxy) is 1. The second-order valence-electron chi connectivity index (χ2n) is 6.81. The number of nitrogens with one attached hydrogen (secondary N) is 1. The molecule has 0 bridgehead atoms. The van der Waals surface area contributed by atoms with Gasteiger partial charge < -0.3 is 14.8 Å². The van der Waals surface area contributed by atoms with Gasteiger partial charge in [0.2, 0.25) is 0 Å². The summed E-state index contributed by atoms with van der Waals surface area (Å²) >= 11 is 0. The van der Waals surface area contributed by atoms with E-state index in [1.54, 1.807) is 0 Å². The summed E-state index contributed by atoms with van der Waals surface area (Å²) in [5.41, 5.74) is -0.285. The smallest absolute Gasteiger partial charge is 0.407 e. The third-order valence-corrected chi connectivity index (χ3v) is 4.45. The first-order valence-corrected chi connectivity index (χ1v) is 6.75. The molecule has 0 aromatic heterocycles. The number of carbonyl (C=O) groups excluding carboxylic acids is 2. The predicted molar refractivity (Wildman–Crippen MR) is 68.1 cm³/mol. The van der Waals surface area contributed by atoms with E-state index < -0.39 is 12.1 Å². The first kappa shape index (κ1) is 13.4. The molecular formula is C14H23NO3. The molecule has 102 valence electrons. The van der Waals surface area contributed by atoms with Gasteiger partial charge in [-0.2, -0.15) is 0 Å². The summed E-state index contributed by atoms with van der Waals surface area (Å²) < 4.78 is 5.38. The number of hydrogen-bond donors (Lipinski definition) is 1. The number of hydrogen-bond acceptors (Lipinski definition) is 3. The van der Waals surface area contributed by atoms with E-state index in [1.165, 1.54) is 0 Å². The zero-order chi connectivity index (χ0) is 13.5. The Labute approximate surface area is 108 Å². The van der Waals surface area contributed by atoms with E-state index in [4.69, 9.17) is 4.74 Å². The first-order chi connectivity index (χ1) is 8.32. The molecule has 2 fully saturated rings. The van der Waals surface area contributed by atoms with Crippen LogP contribution in [0.1, 0.15) is 40.5 Å². The minimum absolute atomic E-state index is 0.0449. The van der Waals surface area contributed by atoms with Crippen LogP contribution in [-0.4, -0.2) is 24.5 Å². The second kappa shape index (κ2) is 4.56. The number of aldehydes is 1. The van der Waals surface area contributed by atoms with E-state index >= 15 is 0 Å². The number of rotatable bonds is 3. The summed E-state index contributed by atoms with van der Waals surface area (Å²) in [4.78, 5) is 22.7. The van der Waals surface area contributed by atoms with Crippen LogP contribution in [-0.2, 0) is 9.53 Å². The van der Waals surface area contributed by atoms with Gasteiger partial charge in [0.05, 0.1) is 6.04 Å². The highest BCUT2D eigenvalue weighted by Gasteiger charge is 2.54. The molecule has 3 atom stereocenters. The largest absolute Gasteiger partial charge is 0.446 e. The summed E-state index contributed by atoms with van der Waals surface area (Å²) in [6.45, 7) is 8.00. The standard InChI is InChI=1S/C14H23NO3/c1-8-10-5-9(6-11(8)10)18-13(17)15-12(7-16)14(2,3)4/h7-12H,5-6H2,1-4H3,(H,15,17)/t8?,9?,10?,11?,12-/m1/s1. The van der Waals surface area contributed by atoms with E-state index in [2.05, 4.69) is 12.2 Å². The second-order valence-corrected chi connectivity index (χ2v) is 6.81. The van der Waals surface area contributed by atoms with Crippen molar-refractivity contribution in [3.05, 3.63) is 0 Å². The van der Waals surface area contributed by atoms with Gasteiger partial charge in [0.15, 0.2) is 0 Å². The maximum Gasteiger partial charge on any atom is 0.407 e. The highest BCUT2D eigenvalue weighted by Crippen LogP contribution is 2.57. The van der Waals surface area contributed by atoms with Gasteiger partial charge in [-0.15, -0.1) is 0 Å². The summed E-state index contributed by atoms with van der Waals surface area (Å²) in [6.07, 6.45) is 2.33. The molecule has 4 nitrogen and oxygen atoms in total. The lowest BCUT2D eigenvalue weighted by atomic mass is 9.88. The zero-order valence-electron chi connectivity index (χ0n) is 11.6. The Balaban J connectivity index is 1.77. The number of amides is 1. The lowest BCUT2D eigenvalue weighted by molar-refractivity contribution is -0.111. The number of alkyl carbamates (subject to hydrolysis) is 1. The van der Waals surface area contributed by atoms with Crippen molar-refractivity contribution in [2.45, 2.75) is 52.7 Å². The molecule has 0 aromatic rings. The average molecular weight is 253 g/mol. The molecule has 0 radical (unpaired) electrons. The van der Waals surface area contributed by atoms with Crippen molar-refractivity contribution in [1.82, 2.24) is 5.32 Å². The number of fused-ring (bicyclic) bond motifs is 1. The maximum absolute atomic E-state index is 11.7. The third-order valence-electron chi connectivity index (χ3n) is 4.45. The van der Waals surface area contributed by atoms with Gasteiger partial charge >= 0.3 is 6.09 Å². The molecule has 2 aliphatic carbocycles. The molecular weight excluding hydrogens is 230 g/mol. The fourth-order valence-electron chi connectivity index (χ4n) is 2.98. The maximum atomic E-state index is 11.7. The molecule has 2 unspecified atom stereocenters. The summed E-state index contributed by atoms with van der Waals surface area (Å²) in [6, 6.07) is -0.500. The van der Waals surface area contributed by atoms with Crippen molar-refractivity contribution in [2.24, 2.45) is 23.2 Å². The SMILES string of the molecule is CC1C2CC(OC(=O)N[C@H](C=O)C(C)(C)C)CC12. The van der Waals surface area contributed by atoms with Crippen molar-refractivity contribution < 1.29 is 14.3 Å². The number of carbonyl (C=O) groups is 2. The molecule has 4 heteroatoms. The van der Waals surface area contributed by atoms with E-state index in [9.17, 15) is 9.59 Å². The molecule has 0 saturated heterocycles. The Morgan fingerprint density at radius 1 is 1.33 bits per heavy atom. The van der Waals surface area contributed by atoms with Crippen LogP contribution in [0.15, 0.2) is 0 Å². The Kier molecular flexibility index (Phi) is 3.39. The molecule has 2 rings (SSSR count). The summed E-state index contributed by atoms with van der Waals surface area (Å²) in [5, 5.41) is 2.65. The summed E-state index contributed by atoms with van der Waals surface area (Å²) in [7, 11) is 0. The van der Waals surface area contributed by atoms with Crippen LogP contribution < -0.4 is 5.32 Å². The van der Waals surface area contributed by atoms with Crippen molar-refractivity contribution in [3.8, 4) is 0 Å². The molecule has 1 N–H and O–H groups in total. The lowest BCUT2D eigenvalue weighted by Crippen LogP contribution is -2.45. The third kappa shape index (κ3) is 2.68. The highest BCUT2D eigenvalue weighted by molar-refractivity contribution is 5.73. The molecule has 1 amide bonds. The average Bonchev–Trinajstić information content (AvgIpc) is 2.72. The van der Waals surface area contributed by atoms with Gasteiger partial charge in [-0.1, -0.05) is 27.7 Å². The minimum Gasteiger partial charge on any atom is -0.446 e. The van der Waals surface area contributed by atoms with Crippen LogP contribution in [0.25, 0.3) is 0 Å². The van der Waals surface area contributed by atoms with E-state index in [-0.39, 0.29) is 11.5 Å². The van der Waals surface area contributed by atoms with Crippen LogP contribution >= 0.6 is 0 Å². The van der Waals surface area contributed by atoms with Crippen molar-refractivity contribution >= 4 is 12.4 Å². The van der Waals surface area contributed by atoms with Gasteiger partial charge in [-0.25, -0.2) is 4.79 Å². The van der Waals surface area contributed by atoms with Crippen LogP contribution in [0, 0.1) is 23.2 Å². The van der Waals surface area contributed by atoms with Gasteiger partial charge in [-0.3, -0.25) is 0 Å². The molecule has 0 aliphatic heterocycles. The fraction of sp³-hybridized carbons (Fsp3) is 0.857. The Bertz CT molecular complexity index is 335. The lowest BCUT2D eigenvalue weighted by Gasteiger charge is -2.27. The van der Waals surface area contributed by atoms with E-state index in [0.717, 1.165) is 36.9 Å². The molecule has 0 spiro atoms. The first-order valence-electron chi connectivity index (χ1n) is 6.75. The van der Waals surface area contributed by atoms with Crippen molar-refractivity contribution in [2.75, 3.05) is 0 Å². The Morgan fingerprint density at radius 3 is 2.33 bits per heavy atom. The zero-order valence-corrected chi connectivity index (χ0v) is 11.6. The predicted octanol–water partition coefficient (Wildman–Crippen LogP) is 2.37. The molecule has 0 heterocycles. The van der Waals surface area contributed by atoms with Crippen LogP contribution in [0.5, 0.6) is 0 Å². The van der Waals surface area contributed by atoms with Crippen molar-refractivity contribution in [1.29, 1.82) is 0 Å². The fourth-order valence-corrected chi connectivity index (χ4v) is 2.98. The Hall–Kier alpha value is -1.06. The van der Waals surface area contributed by atoms with Gasteiger partial charge in [0.1, 0.15) is 12.4 Å². The van der Waals surface area contributed by atoms with E-state index in [1.807, 2.05) is 20.8 Å². The molecule has 0 aromatic carbocycles. The summed E-state index contributed by atoms with van der Waals surface area (Å²) in [5.74, 6) is 2.32. The molecule has 18 heavy (non-hydrogen) atoms. The van der Waals surface area contributed by atoms with Gasteiger partial charge in [0, 0.05) is 0 Å². The van der Waals surface area contributed by atoms with E-state index in [0.29, 0.717) is 0 Å². The van der Waals surface area contributed by atoms with Crippen LogP contribution in [0.4, 0.5) is 4.79 Å². The van der Waals surface area contributed by atoms with Crippen LogP contribution in [0.3, 0.4) is 0 Å². The minimum atomic E-state index is -0.500. The highest BCUT2D eigenvalue weighted by atomic mass is 16.6. The molecule has 2 aliphatic rings. The monoisotopic (exact) mass is 253 g/mol.